The van der Waals surface area contributed by atoms with Crippen molar-refractivity contribution in [3.05, 3.63) is 38.9 Å². The van der Waals surface area contributed by atoms with Gasteiger partial charge < -0.3 is 15.5 Å². The van der Waals surface area contributed by atoms with E-state index in [1.54, 1.807) is 0 Å². The van der Waals surface area contributed by atoms with E-state index in [2.05, 4.69) is 5.32 Å². The summed E-state index contributed by atoms with van der Waals surface area (Å²) in [5.74, 6) is -0.778. The number of benzene rings is 1. The van der Waals surface area contributed by atoms with Gasteiger partial charge >= 0.3 is 0 Å². The van der Waals surface area contributed by atoms with Crippen LogP contribution in [0.2, 0.25) is 5.02 Å². The Kier molecular flexibility index (Phi) is 5.02. The molecule has 0 saturated carbocycles. The number of aliphatic hydroxyl groups excluding tert-OH is 2. The van der Waals surface area contributed by atoms with Crippen LogP contribution < -0.4 is 5.32 Å². The van der Waals surface area contributed by atoms with Crippen LogP contribution in [0.15, 0.2) is 18.2 Å². The third-order valence-electron chi connectivity index (χ3n) is 2.12. The minimum absolute atomic E-state index is 0.0554. The third-order valence-corrected chi connectivity index (χ3v) is 2.44. The van der Waals surface area contributed by atoms with E-state index in [0.29, 0.717) is 0 Å². The lowest BCUT2D eigenvalue weighted by Crippen LogP contribution is -2.34. The van der Waals surface area contributed by atoms with E-state index >= 15 is 0 Å². The number of nitrogens with zero attached hydrogens (tertiary/aromatic N) is 1. The minimum Gasteiger partial charge on any atom is -0.394 e. The van der Waals surface area contributed by atoms with Crippen LogP contribution in [0.25, 0.3) is 0 Å². The zero-order valence-corrected chi connectivity index (χ0v) is 9.92. The number of rotatable bonds is 5. The highest BCUT2D eigenvalue weighted by molar-refractivity contribution is 6.34. The fourth-order valence-corrected chi connectivity index (χ4v) is 1.51. The van der Waals surface area contributed by atoms with E-state index in [9.17, 15) is 14.9 Å². The third kappa shape index (κ3) is 3.39. The van der Waals surface area contributed by atoms with Crippen LogP contribution in [0.1, 0.15) is 10.4 Å². The number of carbonyl (C=O) groups excluding carboxylic acids is 1. The summed E-state index contributed by atoms with van der Waals surface area (Å²) < 4.78 is 0. The summed E-state index contributed by atoms with van der Waals surface area (Å²) in [7, 11) is 0. The predicted octanol–water partition coefficient (Wildman–Crippen LogP) is 0.331. The molecule has 0 radical (unpaired) electrons. The number of hydrogen-bond donors (Lipinski definition) is 3. The summed E-state index contributed by atoms with van der Waals surface area (Å²) in [6.07, 6.45) is -1.13. The van der Waals surface area contributed by atoms with Gasteiger partial charge in [0.2, 0.25) is 0 Å². The van der Waals surface area contributed by atoms with Crippen LogP contribution in [0, 0.1) is 10.1 Å². The zero-order valence-electron chi connectivity index (χ0n) is 9.17. The maximum atomic E-state index is 11.7. The summed E-state index contributed by atoms with van der Waals surface area (Å²) in [6, 6.07) is 3.87. The lowest BCUT2D eigenvalue weighted by Gasteiger charge is -2.10. The Balaban J connectivity index is 2.94. The molecule has 1 amide bonds. The maximum absolute atomic E-state index is 11.7. The van der Waals surface area contributed by atoms with Gasteiger partial charge in [-0.05, 0) is 6.07 Å². The Bertz CT molecular complexity index is 466. The Morgan fingerprint density at radius 3 is 2.78 bits per heavy atom. The van der Waals surface area contributed by atoms with Crippen molar-refractivity contribution in [2.75, 3.05) is 13.2 Å². The summed E-state index contributed by atoms with van der Waals surface area (Å²) in [6.45, 7) is -0.747. The molecule has 1 unspecified atom stereocenters. The van der Waals surface area contributed by atoms with Gasteiger partial charge in [0, 0.05) is 12.6 Å². The van der Waals surface area contributed by atoms with Gasteiger partial charge in [-0.1, -0.05) is 17.7 Å². The Labute approximate surface area is 107 Å². The number of carbonyl (C=O) groups is 1. The minimum atomic E-state index is -1.13. The van der Waals surface area contributed by atoms with Crippen molar-refractivity contribution in [3.63, 3.8) is 0 Å². The molecule has 18 heavy (non-hydrogen) atoms. The Morgan fingerprint density at radius 2 is 2.22 bits per heavy atom. The van der Waals surface area contributed by atoms with Gasteiger partial charge in [0.1, 0.15) is 5.56 Å². The molecular formula is C10H11ClN2O5. The van der Waals surface area contributed by atoms with E-state index in [1.807, 2.05) is 0 Å². The zero-order chi connectivity index (χ0) is 13.7. The second-order valence-electron chi connectivity index (χ2n) is 3.44. The van der Waals surface area contributed by atoms with Gasteiger partial charge in [-0.3, -0.25) is 14.9 Å². The first-order valence-electron chi connectivity index (χ1n) is 4.97. The molecule has 1 aromatic rings. The quantitative estimate of drug-likeness (QED) is 0.529. The Hall–Kier alpha value is -1.70. The smallest absolute Gasteiger partial charge is 0.283 e. The topological polar surface area (TPSA) is 113 Å². The van der Waals surface area contributed by atoms with Crippen molar-refractivity contribution in [1.82, 2.24) is 5.32 Å². The van der Waals surface area contributed by atoms with Crippen molar-refractivity contribution in [2.24, 2.45) is 0 Å². The SMILES string of the molecule is O=C(NCC(O)CO)c1c(Cl)cccc1[N+](=O)[O-]. The van der Waals surface area contributed by atoms with E-state index in [1.165, 1.54) is 12.1 Å². The molecule has 0 saturated heterocycles. The molecule has 0 fully saturated rings. The molecule has 3 N–H and O–H groups in total. The van der Waals surface area contributed by atoms with Crippen molar-refractivity contribution in [1.29, 1.82) is 0 Å². The number of aliphatic hydroxyl groups is 2. The van der Waals surface area contributed by atoms with Gasteiger partial charge in [-0.15, -0.1) is 0 Å². The molecule has 7 nitrogen and oxygen atoms in total. The molecule has 0 aliphatic heterocycles. The van der Waals surface area contributed by atoms with Gasteiger partial charge in [0.15, 0.2) is 0 Å². The molecule has 1 atom stereocenters. The van der Waals surface area contributed by atoms with Gasteiger partial charge in [0.05, 0.1) is 22.7 Å². The molecule has 0 aliphatic rings. The second kappa shape index (κ2) is 6.29. The number of nitro benzene ring substituents is 1. The molecule has 0 bridgehead atoms. The standard InChI is InChI=1S/C10H11ClN2O5/c11-7-2-1-3-8(13(17)18)9(7)10(16)12-4-6(15)5-14/h1-3,6,14-15H,4-5H2,(H,12,16). The van der Waals surface area contributed by atoms with Gasteiger partial charge in [0.25, 0.3) is 11.6 Å². The van der Waals surface area contributed by atoms with Crippen LogP contribution in [0.4, 0.5) is 5.69 Å². The summed E-state index contributed by atoms with van der Waals surface area (Å²) >= 11 is 5.74. The molecule has 98 valence electrons. The maximum Gasteiger partial charge on any atom is 0.283 e. The number of nitro groups is 1. The number of amides is 1. The van der Waals surface area contributed by atoms with Gasteiger partial charge in [-0.2, -0.15) is 0 Å². The molecular weight excluding hydrogens is 264 g/mol. The van der Waals surface area contributed by atoms with Crippen LogP contribution in [0.5, 0.6) is 0 Å². The first-order valence-corrected chi connectivity index (χ1v) is 5.35. The first-order chi connectivity index (χ1) is 8.47. The average Bonchev–Trinajstić information content (AvgIpc) is 2.34. The van der Waals surface area contributed by atoms with Crippen LogP contribution in [-0.2, 0) is 0 Å². The van der Waals surface area contributed by atoms with Crippen molar-refractivity contribution in [3.8, 4) is 0 Å². The fraction of sp³-hybridized carbons (Fsp3) is 0.300. The summed E-state index contributed by atoms with van der Waals surface area (Å²) in [5, 5.41) is 30.6. The largest absolute Gasteiger partial charge is 0.394 e. The van der Waals surface area contributed by atoms with E-state index in [-0.39, 0.29) is 17.1 Å². The van der Waals surface area contributed by atoms with E-state index < -0.39 is 29.2 Å². The number of halogens is 1. The number of hydrogen-bond acceptors (Lipinski definition) is 5. The molecule has 0 aliphatic carbocycles. The monoisotopic (exact) mass is 274 g/mol. The van der Waals surface area contributed by atoms with Crippen molar-refractivity contribution < 1.29 is 19.9 Å². The Morgan fingerprint density at radius 1 is 1.56 bits per heavy atom. The van der Waals surface area contributed by atoms with E-state index in [4.69, 9.17) is 21.8 Å². The average molecular weight is 275 g/mol. The highest BCUT2D eigenvalue weighted by Gasteiger charge is 2.23. The molecule has 8 heteroatoms. The molecule has 1 aromatic carbocycles. The molecule has 0 spiro atoms. The molecule has 0 aromatic heterocycles. The summed E-state index contributed by atoms with van der Waals surface area (Å²) in [5.41, 5.74) is -0.687. The van der Waals surface area contributed by atoms with Crippen LogP contribution >= 0.6 is 11.6 Å². The highest BCUT2D eigenvalue weighted by Crippen LogP contribution is 2.25. The fourth-order valence-electron chi connectivity index (χ4n) is 1.25. The van der Waals surface area contributed by atoms with E-state index in [0.717, 1.165) is 6.07 Å². The van der Waals surface area contributed by atoms with Crippen LogP contribution in [0.3, 0.4) is 0 Å². The second-order valence-corrected chi connectivity index (χ2v) is 3.84. The lowest BCUT2D eigenvalue weighted by atomic mass is 10.1. The summed E-state index contributed by atoms with van der Waals surface area (Å²) in [4.78, 5) is 21.7. The van der Waals surface area contributed by atoms with Crippen molar-refractivity contribution in [2.45, 2.75) is 6.10 Å². The normalized spacial score (nSPS) is 11.9. The van der Waals surface area contributed by atoms with Gasteiger partial charge in [-0.25, -0.2) is 0 Å². The predicted molar refractivity (Wildman–Crippen MR) is 63.5 cm³/mol. The highest BCUT2D eigenvalue weighted by atomic mass is 35.5. The lowest BCUT2D eigenvalue weighted by molar-refractivity contribution is -0.385. The first kappa shape index (κ1) is 14.4. The molecule has 0 heterocycles. The number of nitrogens with one attached hydrogen (secondary N) is 1. The molecule has 1 rings (SSSR count). The van der Waals surface area contributed by atoms with Crippen molar-refractivity contribution >= 4 is 23.2 Å². The van der Waals surface area contributed by atoms with Crippen LogP contribution in [-0.4, -0.2) is 40.3 Å².